The molecule has 5 rings (SSSR count). The molecule has 1 amide bonds. The number of pyridine rings is 1. The van der Waals surface area contributed by atoms with E-state index in [9.17, 15) is 4.79 Å². The second kappa shape index (κ2) is 8.48. The average molecular weight is 458 g/mol. The highest BCUT2D eigenvalue weighted by Crippen LogP contribution is 2.32. The Balaban J connectivity index is 1.65. The molecular weight excluding hydrogens is 438 g/mol. The summed E-state index contributed by atoms with van der Waals surface area (Å²) < 4.78 is 0. The number of nitrogens with one attached hydrogen (secondary N) is 2. The van der Waals surface area contributed by atoms with Crippen LogP contribution in [0.3, 0.4) is 0 Å². The number of anilines is 1. The first-order chi connectivity index (χ1) is 16.0. The van der Waals surface area contributed by atoms with E-state index in [1.807, 2.05) is 48.5 Å². The van der Waals surface area contributed by atoms with Gasteiger partial charge in [0.05, 0.1) is 22.6 Å². The summed E-state index contributed by atoms with van der Waals surface area (Å²) in [6.45, 7) is 0.411. The Bertz CT molecular complexity index is 1500. The fraction of sp³-hybridized carbons (Fsp3) is 0.125. The lowest BCUT2D eigenvalue weighted by molar-refractivity contribution is 0.0828. The number of hydrogen-bond acceptors (Lipinski definition) is 6. The summed E-state index contributed by atoms with van der Waals surface area (Å²) in [5.74, 6) is 0.510. The molecule has 0 fully saturated rings. The van der Waals surface area contributed by atoms with Crippen LogP contribution < -0.4 is 5.32 Å². The predicted octanol–water partition coefficient (Wildman–Crippen LogP) is 4.54. The number of amides is 1. The van der Waals surface area contributed by atoms with Gasteiger partial charge in [0.25, 0.3) is 5.91 Å². The van der Waals surface area contributed by atoms with Gasteiger partial charge in [0.1, 0.15) is 11.8 Å². The van der Waals surface area contributed by atoms with Gasteiger partial charge in [-0.1, -0.05) is 41.9 Å². The number of benzene rings is 2. The zero-order valence-corrected chi connectivity index (χ0v) is 18.8. The monoisotopic (exact) mass is 457 g/mol. The second-order valence-corrected chi connectivity index (χ2v) is 8.14. The number of H-pyrrole nitrogens is 1. The quantitative estimate of drug-likeness (QED) is 0.402. The van der Waals surface area contributed by atoms with Crippen LogP contribution in [0.15, 0.2) is 61.2 Å². The standard InChI is InChI=1S/C24H20ClN7O/c1-32(2)24(33)17-8-4-3-7-16(17)19-15(10-14-6-5-9-18(25)20(14)31-19)11-26-22-21-23(28-12-27-21)30-13-29-22/h3-10,12-13H,11H2,1-2H3,(H2,26,27,28,29,30). The van der Waals surface area contributed by atoms with Crippen molar-refractivity contribution in [2.24, 2.45) is 0 Å². The molecule has 0 bridgehead atoms. The lowest BCUT2D eigenvalue weighted by atomic mass is 9.98. The molecule has 0 aliphatic heterocycles. The van der Waals surface area contributed by atoms with E-state index in [2.05, 4.69) is 25.3 Å². The van der Waals surface area contributed by atoms with E-state index in [0.29, 0.717) is 45.3 Å². The molecule has 0 aliphatic carbocycles. The lowest BCUT2D eigenvalue weighted by Gasteiger charge is -2.17. The number of imidazole rings is 1. The first-order valence-corrected chi connectivity index (χ1v) is 10.7. The highest BCUT2D eigenvalue weighted by Gasteiger charge is 2.19. The normalized spacial score (nSPS) is 11.1. The van der Waals surface area contributed by atoms with Crippen LogP contribution in [0.2, 0.25) is 5.02 Å². The third-order valence-electron chi connectivity index (χ3n) is 5.36. The minimum absolute atomic E-state index is 0.0976. The SMILES string of the molecule is CN(C)C(=O)c1ccccc1-c1nc2c(Cl)cccc2cc1CNc1ncnc2[nH]cnc12. The van der Waals surface area contributed by atoms with Crippen molar-refractivity contribution in [3.8, 4) is 11.3 Å². The summed E-state index contributed by atoms with van der Waals surface area (Å²) in [5.41, 5.74) is 4.87. The van der Waals surface area contributed by atoms with E-state index in [1.54, 1.807) is 25.3 Å². The smallest absolute Gasteiger partial charge is 0.254 e. The molecule has 0 unspecified atom stereocenters. The lowest BCUT2D eigenvalue weighted by Crippen LogP contribution is -2.22. The Morgan fingerprint density at radius 3 is 2.76 bits per heavy atom. The van der Waals surface area contributed by atoms with Gasteiger partial charge in [-0.2, -0.15) is 0 Å². The summed E-state index contributed by atoms with van der Waals surface area (Å²) >= 11 is 6.47. The minimum Gasteiger partial charge on any atom is -0.364 e. The van der Waals surface area contributed by atoms with E-state index in [1.165, 1.54) is 6.33 Å². The molecule has 164 valence electrons. The van der Waals surface area contributed by atoms with Gasteiger partial charge in [-0.15, -0.1) is 0 Å². The van der Waals surface area contributed by atoms with E-state index < -0.39 is 0 Å². The number of nitrogens with zero attached hydrogens (tertiary/aromatic N) is 5. The van der Waals surface area contributed by atoms with Gasteiger partial charge in [-0.25, -0.2) is 19.9 Å². The molecule has 0 aliphatic rings. The Hall–Kier alpha value is -4.04. The molecule has 8 nitrogen and oxygen atoms in total. The number of rotatable bonds is 5. The van der Waals surface area contributed by atoms with Gasteiger partial charge >= 0.3 is 0 Å². The van der Waals surface area contributed by atoms with Crippen LogP contribution in [-0.4, -0.2) is 49.8 Å². The van der Waals surface area contributed by atoms with Crippen molar-refractivity contribution in [3.05, 3.63) is 77.3 Å². The molecule has 3 aromatic heterocycles. The van der Waals surface area contributed by atoms with E-state index in [4.69, 9.17) is 16.6 Å². The maximum absolute atomic E-state index is 12.9. The highest BCUT2D eigenvalue weighted by atomic mass is 35.5. The van der Waals surface area contributed by atoms with Crippen molar-refractivity contribution in [3.63, 3.8) is 0 Å². The van der Waals surface area contributed by atoms with Crippen molar-refractivity contribution in [2.75, 3.05) is 19.4 Å². The fourth-order valence-corrected chi connectivity index (χ4v) is 3.99. The van der Waals surface area contributed by atoms with E-state index >= 15 is 0 Å². The topological polar surface area (TPSA) is 99.7 Å². The molecule has 2 N–H and O–H groups in total. The molecule has 0 saturated heterocycles. The Morgan fingerprint density at radius 1 is 1.06 bits per heavy atom. The van der Waals surface area contributed by atoms with Crippen LogP contribution in [0.1, 0.15) is 15.9 Å². The molecule has 5 aromatic rings. The summed E-state index contributed by atoms with van der Waals surface area (Å²) in [6.07, 6.45) is 3.06. The molecule has 2 aromatic carbocycles. The largest absolute Gasteiger partial charge is 0.364 e. The van der Waals surface area contributed by atoms with Gasteiger partial charge < -0.3 is 15.2 Å². The van der Waals surface area contributed by atoms with Crippen molar-refractivity contribution in [1.29, 1.82) is 0 Å². The number of aromatic amines is 1. The number of aromatic nitrogens is 5. The van der Waals surface area contributed by atoms with Gasteiger partial charge in [0, 0.05) is 37.2 Å². The number of fused-ring (bicyclic) bond motifs is 2. The molecule has 0 spiro atoms. The molecule has 33 heavy (non-hydrogen) atoms. The van der Waals surface area contributed by atoms with Gasteiger partial charge in [-0.05, 0) is 23.8 Å². The van der Waals surface area contributed by atoms with Gasteiger partial charge in [-0.3, -0.25) is 4.79 Å². The van der Waals surface area contributed by atoms with E-state index in [-0.39, 0.29) is 5.91 Å². The van der Waals surface area contributed by atoms with Crippen LogP contribution in [0, 0.1) is 0 Å². The van der Waals surface area contributed by atoms with Crippen molar-refractivity contribution in [1.82, 2.24) is 29.8 Å². The predicted molar refractivity (Wildman–Crippen MR) is 129 cm³/mol. The number of carbonyl (C=O) groups excluding carboxylic acids is 1. The molecule has 0 radical (unpaired) electrons. The zero-order valence-electron chi connectivity index (χ0n) is 18.0. The number of para-hydroxylation sites is 1. The fourth-order valence-electron chi connectivity index (χ4n) is 3.76. The Labute approximate surface area is 194 Å². The maximum atomic E-state index is 12.9. The average Bonchev–Trinajstić information content (AvgIpc) is 3.31. The molecule has 0 atom stereocenters. The van der Waals surface area contributed by atoms with Crippen molar-refractivity contribution < 1.29 is 4.79 Å². The minimum atomic E-state index is -0.0976. The summed E-state index contributed by atoms with van der Waals surface area (Å²) in [5, 5.41) is 4.81. The van der Waals surface area contributed by atoms with Crippen LogP contribution in [0.4, 0.5) is 5.82 Å². The molecule has 9 heteroatoms. The third kappa shape index (κ3) is 3.85. The summed E-state index contributed by atoms with van der Waals surface area (Å²) in [4.78, 5) is 35.2. The number of halogens is 1. The first kappa shape index (κ1) is 20.8. The van der Waals surface area contributed by atoms with Crippen molar-refractivity contribution in [2.45, 2.75) is 6.54 Å². The maximum Gasteiger partial charge on any atom is 0.254 e. The molecule has 0 saturated carbocycles. The first-order valence-electron chi connectivity index (χ1n) is 10.3. The third-order valence-corrected chi connectivity index (χ3v) is 5.66. The van der Waals surface area contributed by atoms with Crippen LogP contribution in [0.25, 0.3) is 33.3 Å². The number of hydrogen-bond donors (Lipinski definition) is 2. The van der Waals surface area contributed by atoms with Crippen LogP contribution in [-0.2, 0) is 6.54 Å². The van der Waals surface area contributed by atoms with Gasteiger partial charge in [0.15, 0.2) is 11.5 Å². The van der Waals surface area contributed by atoms with Gasteiger partial charge in [0.2, 0.25) is 0 Å². The molecule has 3 heterocycles. The molecular formula is C24H20ClN7O. The van der Waals surface area contributed by atoms with Crippen molar-refractivity contribution >= 4 is 45.4 Å². The van der Waals surface area contributed by atoms with E-state index in [0.717, 1.165) is 16.5 Å². The Kier molecular flexibility index (Phi) is 5.35. The van der Waals surface area contributed by atoms with Crippen LogP contribution in [0.5, 0.6) is 0 Å². The van der Waals surface area contributed by atoms with Crippen LogP contribution >= 0.6 is 11.6 Å². The second-order valence-electron chi connectivity index (χ2n) is 7.73. The zero-order chi connectivity index (χ0) is 22.9. The summed E-state index contributed by atoms with van der Waals surface area (Å²) in [7, 11) is 3.47. The summed E-state index contributed by atoms with van der Waals surface area (Å²) in [6, 6.07) is 15.2. The highest BCUT2D eigenvalue weighted by molar-refractivity contribution is 6.35. The number of carbonyl (C=O) groups is 1. The Morgan fingerprint density at radius 2 is 1.91 bits per heavy atom.